The quantitative estimate of drug-likeness (QED) is 0.230. The minimum Gasteiger partial charge on any atom is -0.481 e. The van der Waals surface area contributed by atoms with E-state index in [2.05, 4.69) is 19.1 Å². The van der Waals surface area contributed by atoms with E-state index in [4.69, 9.17) is 10.8 Å². The lowest BCUT2D eigenvalue weighted by Crippen LogP contribution is -2.23. The highest BCUT2D eigenvalue weighted by Crippen LogP contribution is 2.11. The van der Waals surface area contributed by atoms with Gasteiger partial charge in [0.1, 0.15) is 0 Å². The number of aliphatic carboxylic acids is 1. The zero-order valence-electron chi connectivity index (χ0n) is 16.0. The highest BCUT2D eigenvalue weighted by Gasteiger charge is 2.06. The molecule has 0 heterocycles. The summed E-state index contributed by atoms with van der Waals surface area (Å²) in [4.78, 5) is 10.5. The zero-order chi connectivity index (χ0) is 17.9. The molecule has 0 aromatic rings. The predicted molar refractivity (Wildman–Crippen MR) is 104 cm³/mol. The van der Waals surface area contributed by atoms with Crippen molar-refractivity contribution in [3.05, 3.63) is 12.2 Å². The SMILES string of the molecule is CCCCCCCC/C=C\CCCCCCCCC(N)CC(=O)O. The summed E-state index contributed by atoms with van der Waals surface area (Å²) >= 11 is 0. The molecule has 0 fully saturated rings. The maximum absolute atomic E-state index is 10.5. The van der Waals surface area contributed by atoms with Crippen LogP contribution in [0.15, 0.2) is 12.2 Å². The highest BCUT2D eigenvalue weighted by molar-refractivity contribution is 5.67. The minimum absolute atomic E-state index is 0.102. The van der Waals surface area contributed by atoms with E-state index in [0.717, 1.165) is 12.8 Å². The van der Waals surface area contributed by atoms with Gasteiger partial charge in [0, 0.05) is 6.04 Å². The van der Waals surface area contributed by atoms with E-state index in [-0.39, 0.29) is 12.5 Å². The molecule has 3 nitrogen and oxygen atoms in total. The van der Waals surface area contributed by atoms with Gasteiger partial charge in [0.2, 0.25) is 0 Å². The first-order valence-electron chi connectivity index (χ1n) is 10.3. The Morgan fingerprint density at radius 2 is 1.29 bits per heavy atom. The Kier molecular flexibility index (Phi) is 17.9. The third-order valence-electron chi connectivity index (χ3n) is 4.52. The lowest BCUT2D eigenvalue weighted by Gasteiger charge is -2.08. The van der Waals surface area contributed by atoms with Crippen LogP contribution < -0.4 is 5.73 Å². The van der Waals surface area contributed by atoms with Crippen molar-refractivity contribution in [1.82, 2.24) is 0 Å². The first-order chi connectivity index (χ1) is 11.7. The summed E-state index contributed by atoms with van der Waals surface area (Å²) in [7, 11) is 0. The van der Waals surface area contributed by atoms with Gasteiger partial charge in [-0.3, -0.25) is 4.79 Å². The van der Waals surface area contributed by atoms with Crippen molar-refractivity contribution in [2.45, 2.75) is 116 Å². The maximum atomic E-state index is 10.5. The van der Waals surface area contributed by atoms with Gasteiger partial charge >= 0.3 is 5.97 Å². The van der Waals surface area contributed by atoms with Gasteiger partial charge in [-0.25, -0.2) is 0 Å². The molecule has 142 valence electrons. The average molecular weight is 340 g/mol. The molecule has 24 heavy (non-hydrogen) atoms. The third-order valence-corrected chi connectivity index (χ3v) is 4.52. The van der Waals surface area contributed by atoms with Crippen LogP contribution in [-0.4, -0.2) is 17.1 Å². The van der Waals surface area contributed by atoms with Crippen LogP contribution >= 0.6 is 0 Å². The van der Waals surface area contributed by atoms with E-state index in [9.17, 15) is 4.79 Å². The summed E-state index contributed by atoms with van der Waals surface area (Å²) in [6.45, 7) is 2.26. The first kappa shape index (κ1) is 23.2. The monoisotopic (exact) mass is 339 g/mol. The van der Waals surface area contributed by atoms with Crippen molar-refractivity contribution < 1.29 is 9.90 Å². The van der Waals surface area contributed by atoms with E-state index in [0.29, 0.717) is 0 Å². The van der Waals surface area contributed by atoms with Crippen LogP contribution in [0.3, 0.4) is 0 Å². The molecule has 0 aromatic heterocycles. The van der Waals surface area contributed by atoms with Crippen molar-refractivity contribution >= 4 is 5.97 Å². The smallest absolute Gasteiger partial charge is 0.304 e. The number of nitrogens with two attached hydrogens (primary N) is 1. The largest absolute Gasteiger partial charge is 0.481 e. The molecule has 0 amide bonds. The van der Waals surface area contributed by atoms with Crippen molar-refractivity contribution in [3.63, 3.8) is 0 Å². The molecule has 0 bridgehead atoms. The number of carboxylic acid groups (broad SMARTS) is 1. The van der Waals surface area contributed by atoms with Gasteiger partial charge < -0.3 is 10.8 Å². The Bertz CT molecular complexity index is 302. The molecular weight excluding hydrogens is 298 g/mol. The summed E-state index contributed by atoms with van der Waals surface area (Å²) in [5.74, 6) is -0.785. The Labute approximate surface area is 150 Å². The van der Waals surface area contributed by atoms with Crippen molar-refractivity contribution in [2.75, 3.05) is 0 Å². The molecule has 0 aliphatic carbocycles. The van der Waals surface area contributed by atoms with Crippen molar-refractivity contribution in [1.29, 1.82) is 0 Å². The van der Waals surface area contributed by atoms with Gasteiger partial charge in [0.05, 0.1) is 6.42 Å². The second-order valence-electron chi connectivity index (χ2n) is 7.08. The number of carbonyl (C=O) groups is 1. The number of rotatable bonds is 18. The minimum atomic E-state index is -0.785. The molecule has 0 saturated heterocycles. The van der Waals surface area contributed by atoms with Gasteiger partial charge in [-0.15, -0.1) is 0 Å². The van der Waals surface area contributed by atoms with E-state index in [1.54, 1.807) is 0 Å². The molecule has 3 N–H and O–H groups in total. The van der Waals surface area contributed by atoms with E-state index >= 15 is 0 Å². The first-order valence-corrected chi connectivity index (χ1v) is 10.3. The fourth-order valence-electron chi connectivity index (χ4n) is 2.98. The molecule has 0 radical (unpaired) electrons. The molecule has 0 aliphatic rings. The Balaban J connectivity index is 3.16. The van der Waals surface area contributed by atoms with Gasteiger partial charge in [-0.05, 0) is 32.1 Å². The fourth-order valence-corrected chi connectivity index (χ4v) is 2.98. The van der Waals surface area contributed by atoms with Crippen LogP contribution in [0.5, 0.6) is 0 Å². The molecule has 0 spiro atoms. The van der Waals surface area contributed by atoms with Crippen LogP contribution in [0.25, 0.3) is 0 Å². The summed E-state index contributed by atoms with van der Waals surface area (Å²) in [5.41, 5.74) is 5.75. The lowest BCUT2D eigenvalue weighted by molar-refractivity contribution is -0.137. The number of hydrogen-bond donors (Lipinski definition) is 2. The van der Waals surface area contributed by atoms with Gasteiger partial charge in [-0.2, -0.15) is 0 Å². The van der Waals surface area contributed by atoms with Crippen LogP contribution in [0, 0.1) is 0 Å². The van der Waals surface area contributed by atoms with E-state index < -0.39 is 5.97 Å². The Morgan fingerprint density at radius 1 is 0.833 bits per heavy atom. The summed E-state index contributed by atoms with van der Waals surface area (Å²) in [5, 5.41) is 8.63. The molecule has 3 heteroatoms. The molecular formula is C21H41NO2. The van der Waals surface area contributed by atoms with Crippen LogP contribution in [0.2, 0.25) is 0 Å². The van der Waals surface area contributed by atoms with E-state index in [1.807, 2.05) is 0 Å². The molecule has 0 aromatic carbocycles. The molecule has 1 atom stereocenters. The summed E-state index contributed by atoms with van der Waals surface area (Å²) in [6, 6.07) is -0.167. The Morgan fingerprint density at radius 3 is 1.79 bits per heavy atom. The van der Waals surface area contributed by atoms with Crippen LogP contribution in [-0.2, 0) is 4.79 Å². The number of hydrogen-bond acceptors (Lipinski definition) is 2. The highest BCUT2D eigenvalue weighted by atomic mass is 16.4. The van der Waals surface area contributed by atoms with Crippen LogP contribution in [0.4, 0.5) is 0 Å². The summed E-state index contributed by atoms with van der Waals surface area (Å²) < 4.78 is 0. The molecule has 0 aliphatic heterocycles. The normalized spacial score (nSPS) is 12.8. The number of unbranched alkanes of at least 4 members (excludes halogenated alkanes) is 12. The van der Waals surface area contributed by atoms with Gasteiger partial charge in [-0.1, -0.05) is 83.3 Å². The van der Waals surface area contributed by atoms with Gasteiger partial charge in [0.15, 0.2) is 0 Å². The predicted octanol–water partition coefficient (Wildman–Crippen LogP) is 6.22. The van der Waals surface area contributed by atoms with Crippen molar-refractivity contribution in [2.24, 2.45) is 5.73 Å². The molecule has 1 unspecified atom stereocenters. The van der Waals surface area contributed by atoms with Crippen molar-refractivity contribution in [3.8, 4) is 0 Å². The fraction of sp³-hybridized carbons (Fsp3) is 0.857. The molecule has 0 rings (SSSR count). The standard InChI is InChI=1S/C21H41NO2/c1-2-3-4-5-6-7-8-9-10-11-12-13-14-15-16-17-18-20(22)19-21(23)24/h9-10,20H,2-8,11-19,22H2,1H3,(H,23,24)/b10-9-. The third kappa shape index (κ3) is 19.2. The Hall–Kier alpha value is -0.830. The number of carboxylic acids is 1. The second kappa shape index (κ2) is 18.5. The maximum Gasteiger partial charge on any atom is 0.304 e. The average Bonchev–Trinajstić information content (AvgIpc) is 2.53. The lowest BCUT2D eigenvalue weighted by atomic mass is 10.0. The van der Waals surface area contributed by atoms with Gasteiger partial charge in [0.25, 0.3) is 0 Å². The molecule has 0 saturated carbocycles. The number of allylic oxidation sites excluding steroid dienone is 2. The zero-order valence-corrected chi connectivity index (χ0v) is 16.0. The topological polar surface area (TPSA) is 63.3 Å². The van der Waals surface area contributed by atoms with Crippen LogP contribution in [0.1, 0.15) is 110 Å². The summed E-state index contributed by atoms with van der Waals surface area (Å²) in [6.07, 6.45) is 23.8. The van der Waals surface area contributed by atoms with E-state index in [1.165, 1.54) is 83.5 Å². The second-order valence-corrected chi connectivity index (χ2v) is 7.08.